The molecule has 3 heterocycles. The Bertz CT molecular complexity index is 1040. The first-order chi connectivity index (χ1) is 12.7. The molecule has 1 aromatic carbocycles. The molecule has 1 N–H and O–H groups in total. The van der Waals surface area contributed by atoms with Gasteiger partial charge in [-0.2, -0.15) is 10.1 Å². The Labute approximate surface area is 146 Å². The predicted octanol–water partition coefficient (Wildman–Crippen LogP) is 1.67. The Kier molecular flexibility index (Phi) is 3.90. The van der Waals surface area contributed by atoms with Crippen LogP contribution in [0.25, 0.3) is 17.2 Å². The smallest absolute Gasteiger partial charge is 0.256 e. The molecule has 0 aliphatic heterocycles. The lowest BCUT2D eigenvalue weighted by Gasteiger charge is -2.06. The summed E-state index contributed by atoms with van der Waals surface area (Å²) in [6, 6.07) is 8.45. The fraction of sp³-hybridized carbons (Fsp3) is 0.0625. The molecule has 0 saturated carbocycles. The van der Waals surface area contributed by atoms with Crippen molar-refractivity contribution in [2.24, 2.45) is 0 Å². The van der Waals surface area contributed by atoms with Gasteiger partial charge in [0.05, 0.1) is 0 Å². The molecule has 128 valence electrons. The number of carbonyl (C=O) groups is 1. The highest BCUT2D eigenvalue weighted by atomic mass is 16.5. The number of aromatic nitrogens is 7. The lowest BCUT2D eigenvalue weighted by atomic mass is 10.1. The number of amides is 1. The maximum atomic E-state index is 12.4. The van der Waals surface area contributed by atoms with Crippen molar-refractivity contribution in [2.45, 2.75) is 6.92 Å². The van der Waals surface area contributed by atoms with Crippen LogP contribution >= 0.6 is 0 Å². The average Bonchev–Trinajstić information content (AvgIpc) is 3.34. The van der Waals surface area contributed by atoms with Crippen molar-refractivity contribution >= 4 is 11.7 Å². The van der Waals surface area contributed by atoms with Crippen LogP contribution in [0.4, 0.5) is 5.82 Å². The summed E-state index contributed by atoms with van der Waals surface area (Å²) in [5, 5.41) is 10.6. The molecule has 0 radical (unpaired) electrons. The van der Waals surface area contributed by atoms with Crippen LogP contribution in [0.5, 0.6) is 0 Å². The minimum Gasteiger partial charge on any atom is -0.339 e. The molecule has 0 saturated heterocycles. The Morgan fingerprint density at radius 3 is 2.69 bits per heavy atom. The highest BCUT2D eigenvalue weighted by molar-refractivity contribution is 6.04. The monoisotopic (exact) mass is 348 g/mol. The molecule has 10 heteroatoms. The normalized spacial score (nSPS) is 10.7. The number of carbonyl (C=O) groups excluding carboxylic acids is 1. The van der Waals surface area contributed by atoms with E-state index in [0.29, 0.717) is 28.9 Å². The van der Waals surface area contributed by atoms with Crippen molar-refractivity contribution in [3.8, 4) is 17.2 Å². The quantitative estimate of drug-likeness (QED) is 0.590. The van der Waals surface area contributed by atoms with Gasteiger partial charge in [-0.15, -0.1) is 0 Å². The third-order valence-corrected chi connectivity index (χ3v) is 3.48. The second kappa shape index (κ2) is 6.51. The highest BCUT2D eigenvalue weighted by Gasteiger charge is 2.11. The van der Waals surface area contributed by atoms with Gasteiger partial charge in [0.1, 0.15) is 24.8 Å². The summed E-state index contributed by atoms with van der Waals surface area (Å²) in [5.74, 6) is 1.50. The number of aryl methyl sites for hydroxylation is 1. The fourth-order valence-corrected chi connectivity index (χ4v) is 2.24. The lowest BCUT2D eigenvalue weighted by molar-refractivity contribution is 0.102. The van der Waals surface area contributed by atoms with E-state index in [4.69, 9.17) is 4.52 Å². The summed E-state index contributed by atoms with van der Waals surface area (Å²) in [6.07, 6.45) is 4.24. The summed E-state index contributed by atoms with van der Waals surface area (Å²) >= 11 is 0. The summed E-state index contributed by atoms with van der Waals surface area (Å²) in [6.45, 7) is 1.72. The molecule has 4 aromatic rings. The van der Waals surface area contributed by atoms with Gasteiger partial charge in [0.15, 0.2) is 5.82 Å². The van der Waals surface area contributed by atoms with E-state index in [0.717, 1.165) is 5.56 Å². The molecule has 0 atom stereocenters. The van der Waals surface area contributed by atoms with Crippen LogP contribution in [0.2, 0.25) is 0 Å². The molecule has 0 unspecified atom stereocenters. The molecule has 0 aliphatic rings. The molecular weight excluding hydrogens is 336 g/mol. The van der Waals surface area contributed by atoms with Gasteiger partial charge in [-0.1, -0.05) is 17.3 Å². The van der Waals surface area contributed by atoms with Gasteiger partial charge in [-0.05, 0) is 12.1 Å². The molecule has 0 aliphatic carbocycles. The maximum Gasteiger partial charge on any atom is 0.256 e. The van der Waals surface area contributed by atoms with E-state index >= 15 is 0 Å². The second-order valence-electron chi connectivity index (χ2n) is 5.27. The van der Waals surface area contributed by atoms with Gasteiger partial charge in [0, 0.05) is 24.1 Å². The Balaban J connectivity index is 1.51. The van der Waals surface area contributed by atoms with Gasteiger partial charge >= 0.3 is 0 Å². The van der Waals surface area contributed by atoms with E-state index in [1.165, 1.54) is 23.7 Å². The number of anilines is 1. The van der Waals surface area contributed by atoms with E-state index in [-0.39, 0.29) is 5.91 Å². The van der Waals surface area contributed by atoms with Crippen LogP contribution in [0.1, 0.15) is 16.2 Å². The molecule has 1 amide bonds. The number of benzene rings is 1. The van der Waals surface area contributed by atoms with Gasteiger partial charge in [0.2, 0.25) is 11.7 Å². The van der Waals surface area contributed by atoms with Crippen molar-refractivity contribution in [3.05, 3.63) is 60.8 Å². The van der Waals surface area contributed by atoms with E-state index < -0.39 is 0 Å². The number of hydrogen-bond acceptors (Lipinski definition) is 8. The third-order valence-electron chi connectivity index (χ3n) is 3.48. The summed E-state index contributed by atoms with van der Waals surface area (Å²) < 4.78 is 6.42. The fourth-order valence-electron chi connectivity index (χ4n) is 2.24. The lowest BCUT2D eigenvalue weighted by Crippen LogP contribution is -2.13. The summed E-state index contributed by atoms with van der Waals surface area (Å²) in [5.41, 5.74) is 1.23. The summed E-state index contributed by atoms with van der Waals surface area (Å²) in [4.78, 5) is 28.5. The minimum atomic E-state index is -0.302. The van der Waals surface area contributed by atoms with Crippen LogP contribution in [0, 0.1) is 6.92 Å². The van der Waals surface area contributed by atoms with Crippen LogP contribution in [-0.4, -0.2) is 40.8 Å². The minimum absolute atomic E-state index is 0.302. The first kappa shape index (κ1) is 15.6. The standard InChI is InChI=1S/C16H12N8O2/c1-10-21-15(23-26-10)11-2-4-12(5-3-11)16(25)22-13-6-14(19-8-18-13)24-9-17-7-20-24/h2-9H,1H3,(H,18,19,22,25). The first-order valence-electron chi connectivity index (χ1n) is 7.58. The van der Waals surface area contributed by atoms with Crippen LogP contribution in [0.3, 0.4) is 0 Å². The van der Waals surface area contributed by atoms with Crippen LogP contribution in [-0.2, 0) is 0 Å². The molecule has 0 fully saturated rings. The molecule has 0 bridgehead atoms. The number of rotatable bonds is 4. The highest BCUT2D eigenvalue weighted by Crippen LogP contribution is 2.17. The zero-order chi connectivity index (χ0) is 17.9. The molecule has 4 rings (SSSR count). The SMILES string of the molecule is Cc1nc(-c2ccc(C(=O)Nc3cc(-n4cncn4)ncn3)cc2)no1. The van der Waals surface area contributed by atoms with Gasteiger partial charge < -0.3 is 9.84 Å². The van der Waals surface area contributed by atoms with E-state index in [1.807, 2.05) is 0 Å². The van der Waals surface area contributed by atoms with Gasteiger partial charge in [-0.3, -0.25) is 4.79 Å². The second-order valence-corrected chi connectivity index (χ2v) is 5.27. The van der Waals surface area contributed by atoms with Crippen molar-refractivity contribution in [1.82, 2.24) is 34.9 Å². The zero-order valence-corrected chi connectivity index (χ0v) is 13.6. The summed E-state index contributed by atoms with van der Waals surface area (Å²) in [7, 11) is 0. The predicted molar refractivity (Wildman–Crippen MR) is 89.4 cm³/mol. The van der Waals surface area contributed by atoms with E-state index in [1.54, 1.807) is 37.3 Å². The van der Waals surface area contributed by atoms with Crippen LogP contribution in [0.15, 0.2) is 53.8 Å². The number of nitrogens with one attached hydrogen (secondary N) is 1. The van der Waals surface area contributed by atoms with Gasteiger partial charge in [0.25, 0.3) is 5.91 Å². The third kappa shape index (κ3) is 3.15. The van der Waals surface area contributed by atoms with Crippen molar-refractivity contribution < 1.29 is 9.32 Å². The van der Waals surface area contributed by atoms with E-state index in [2.05, 4.69) is 35.5 Å². The number of nitrogens with zero attached hydrogens (tertiary/aromatic N) is 7. The Hall–Kier alpha value is -3.95. The van der Waals surface area contributed by atoms with E-state index in [9.17, 15) is 4.79 Å². The zero-order valence-electron chi connectivity index (χ0n) is 13.6. The molecular formula is C16H12N8O2. The molecule has 26 heavy (non-hydrogen) atoms. The Morgan fingerprint density at radius 1 is 1.15 bits per heavy atom. The van der Waals surface area contributed by atoms with Crippen LogP contribution < -0.4 is 5.32 Å². The van der Waals surface area contributed by atoms with Crippen molar-refractivity contribution in [1.29, 1.82) is 0 Å². The number of hydrogen-bond donors (Lipinski definition) is 1. The van der Waals surface area contributed by atoms with Gasteiger partial charge in [-0.25, -0.2) is 19.6 Å². The average molecular weight is 348 g/mol. The maximum absolute atomic E-state index is 12.4. The largest absolute Gasteiger partial charge is 0.339 e. The molecule has 10 nitrogen and oxygen atoms in total. The van der Waals surface area contributed by atoms with Crippen molar-refractivity contribution in [2.75, 3.05) is 5.32 Å². The van der Waals surface area contributed by atoms with Crippen molar-refractivity contribution in [3.63, 3.8) is 0 Å². The molecule has 0 spiro atoms. The molecule has 3 aromatic heterocycles. The topological polar surface area (TPSA) is 125 Å². The Morgan fingerprint density at radius 2 is 2.00 bits per heavy atom. The first-order valence-corrected chi connectivity index (χ1v) is 7.58.